The van der Waals surface area contributed by atoms with Gasteiger partial charge >= 0.3 is 29.6 Å². The second-order valence-corrected chi connectivity index (χ2v) is 10.5. The molecule has 4 rings (SSSR count). The van der Waals surface area contributed by atoms with Gasteiger partial charge in [-0.25, -0.2) is 0 Å². The summed E-state index contributed by atoms with van der Waals surface area (Å²) in [5.41, 5.74) is 0.310. The second-order valence-electron chi connectivity index (χ2n) is 8.29. The standard InChI is InChI=1S/C27H23Cl2N3O6S.Na/c1-3-15-12-23(21(29)14-24(15)39(35,36)37)31-32-25-18-8-6-5-7-16(18)11-19(26(25)33)27(34)30-22-13-17(38-4-2)9-10-20(22)28;/h5-14,33H,3-4H2,1-2H3,(H,30,34)(H,35,36,37);/q;+1/p-1. The summed E-state index contributed by atoms with van der Waals surface area (Å²) in [7, 11) is -4.51. The van der Waals surface area contributed by atoms with Crippen molar-refractivity contribution in [3.05, 3.63) is 81.8 Å². The van der Waals surface area contributed by atoms with Crippen LogP contribution in [-0.4, -0.2) is 25.5 Å². The van der Waals surface area contributed by atoms with Gasteiger partial charge in [0.15, 0.2) is 0 Å². The molecular formula is C27H22Cl2N3NaO6S. The first kappa shape index (κ1) is 31.8. The molecule has 0 aliphatic rings. The quantitative estimate of drug-likeness (QED) is 0.175. The Labute approximate surface area is 263 Å². The molecule has 202 valence electrons. The van der Waals surface area contributed by atoms with Crippen LogP contribution < -0.4 is 44.7 Å². The van der Waals surface area contributed by atoms with E-state index in [1.807, 2.05) is 6.92 Å². The normalized spacial score (nSPS) is 11.4. The molecule has 9 nitrogen and oxygen atoms in total. The van der Waals surface area contributed by atoms with E-state index in [-0.39, 0.29) is 79.1 Å². The summed E-state index contributed by atoms with van der Waals surface area (Å²) in [5.74, 6) is -0.897. The Morgan fingerprint density at radius 2 is 1.75 bits per heavy atom. The topological polar surface area (TPSA) is 140 Å². The number of hydrogen-bond acceptors (Lipinski definition) is 7. The predicted molar refractivity (Wildman–Crippen MR) is 149 cm³/mol. The fraction of sp³-hybridized carbons (Fsp3) is 0.148. The molecule has 0 aromatic heterocycles. The van der Waals surface area contributed by atoms with Crippen molar-refractivity contribution >= 4 is 67.1 Å². The third kappa shape index (κ3) is 6.95. The molecule has 0 unspecified atom stereocenters. The summed E-state index contributed by atoms with van der Waals surface area (Å²) in [6.45, 7) is 3.93. The number of carbonyl (C=O) groups is 1. The fourth-order valence-corrected chi connectivity index (χ4v) is 5.14. The minimum Gasteiger partial charge on any atom is -0.870 e. The summed E-state index contributed by atoms with van der Waals surface area (Å²) in [5, 5.41) is 25.5. The van der Waals surface area contributed by atoms with Gasteiger partial charge in [0.05, 0.1) is 32.9 Å². The van der Waals surface area contributed by atoms with Gasteiger partial charge in [0.25, 0.3) is 16.0 Å². The average Bonchev–Trinajstić information content (AvgIpc) is 2.89. The van der Waals surface area contributed by atoms with Crippen LogP contribution in [0.15, 0.2) is 75.8 Å². The molecule has 4 aromatic rings. The number of aryl methyl sites for hydroxylation is 1. The number of benzene rings is 4. The Morgan fingerprint density at radius 1 is 1.02 bits per heavy atom. The first-order chi connectivity index (χ1) is 18.5. The number of ether oxygens (including phenoxy) is 1. The van der Waals surface area contributed by atoms with Crippen molar-refractivity contribution in [3.8, 4) is 11.5 Å². The van der Waals surface area contributed by atoms with Crippen LogP contribution >= 0.6 is 23.2 Å². The Balaban J connectivity index is 0.00000441. The Bertz CT molecular complexity index is 1730. The molecule has 13 heteroatoms. The number of anilines is 1. The average molecular weight is 610 g/mol. The van der Waals surface area contributed by atoms with Crippen LogP contribution in [0.3, 0.4) is 0 Å². The van der Waals surface area contributed by atoms with E-state index in [0.29, 0.717) is 23.1 Å². The molecule has 4 aromatic carbocycles. The van der Waals surface area contributed by atoms with Gasteiger partial charge in [0.1, 0.15) is 11.4 Å². The number of carbonyl (C=O) groups excluding carboxylic acids is 1. The van der Waals surface area contributed by atoms with Gasteiger partial charge in [0, 0.05) is 17.0 Å². The number of amides is 1. The van der Waals surface area contributed by atoms with Crippen LogP contribution in [0.1, 0.15) is 29.8 Å². The van der Waals surface area contributed by atoms with Gasteiger partial charge in [-0.05, 0) is 54.6 Å². The van der Waals surface area contributed by atoms with Crippen LogP contribution in [-0.2, 0) is 16.5 Å². The van der Waals surface area contributed by atoms with Crippen LogP contribution in [0.5, 0.6) is 11.5 Å². The number of hydrogen-bond donors (Lipinski definition) is 2. The molecule has 0 heterocycles. The van der Waals surface area contributed by atoms with Gasteiger partial charge in [-0.2, -0.15) is 13.5 Å². The Morgan fingerprint density at radius 3 is 2.42 bits per heavy atom. The van der Waals surface area contributed by atoms with Crippen LogP contribution in [0.25, 0.3) is 10.8 Å². The minimum atomic E-state index is -4.51. The molecule has 2 N–H and O–H groups in total. The van der Waals surface area contributed by atoms with E-state index in [4.69, 9.17) is 27.9 Å². The molecule has 0 bridgehead atoms. The first-order valence-electron chi connectivity index (χ1n) is 11.7. The van der Waals surface area contributed by atoms with Crippen LogP contribution in [0, 0.1) is 0 Å². The molecular weight excluding hydrogens is 588 g/mol. The number of nitrogens with zero attached hydrogens (tertiary/aromatic N) is 2. The summed E-state index contributed by atoms with van der Waals surface area (Å²) >= 11 is 12.5. The third-order valence-electron chi connectivity index (χ3n) is 5.76. The van der Waals surface area contributed by atoms with E-state index in [9.17, 15) is 22.9 Å². The van der Waals surface area contributed by atoms with Crippen molar-refractivity contribution in [1.29, 1.82) is 0 Å². The van der Waals surface area contributed by atoms with E-state index in [1.54, 1.807) is 49.4 Å². The largest absolute Gasteiger partial charge is 1.00 e. The van der Waals surface area contributed by atoms with Crippen molar-refractivity contribution in [2.75, 3.05) is 11.9 Å². The molecule has 0 saturated carbocycles. The van der Waals surface area contributed by atoms with Crippen LogP contribution in [0.4, 0.5) is 17.1 Å². The maximum atomic E-state index is 13.5. The molecule has 0 aliphatic carbocycles. The molecule has 0 saturated heterocycles. The summed E-state index contributed by atoms with van der Waals surface area (Å²) in [4.78, 5) is 12.9. The first-order valence-corrected chi connectivity index (χ1v) is 13.9. The molecule has 0 aliphatic heterocycles. The minimum absolute atomic E-state index is 0. The van der Waals surface area contributed by atoms with E-state index in [1.165, 1.54) is 12.1 Å². The van der Waals surface area contributed by atoms with Crippen LogP contribution in [0.2, 0.25) is 10.0 Å². The molecule has 40 heavy (non-hydrogen) atoms. The van der Waals surface area contributed by atoms with Gasteiger partial charge in [-0.3, -0.25) is 9.35 Å². The monoisotopic (exact) mass is 609 g/mol. The summed E-state index contributed by atoms with van der Waals surface area (Å²) in [6, 6.07) is 15.5. The SMILES string of the molecule is CCOc1ccc(Cl)c(NC(=O)c2cc3ccccc3c(N=Nc3cc(CC)c(S(=O)(=O)O)cc3Cl)c2[O-])c1.[Na+]. The second kappa shape index (κ2) is 13.3. The van der Waals surface area contributed by atoms with Crippen molar-refractivity contribution in [2.45, 2.75) is 25.2 Å². The number of fused-ring (bicyclic) bond motifs is 1. The van der Waals surface area contributed by atoms with E-state index in [2.05, 4.69) is 15.5 Å². The van der Waals surface area contributed by atoms with Crippen molar-refractivity contribution in [3.63, 3.8) is 0 Å². The molecule has 0 atom stereocenters. The number of rotatable bonds is 8. The predicted octanol–water partition coefficient (Wildman–Crippen LogP) is 4.10. The summed E-state index contributed by atoms with van der Waals surface area (Å²) in [6.07, 6.45) is 0.257. The Kier molecular flexibility index (Phi) is 10.6. The number of halogens is 2. The van der Waals surface area contributed by atoms with E-state index < -0.39 is 21.8 Å². The maximum Gasteiger partial charge on any atom is 1.00 e. The van der Waals surface area contributed by atoms with Crippen molar-refractivity contribution < 1.29 is 57.2 Å². The zero-order valence-corrected chi connectivity index (χ0v) is 26.1. The molecule has 0 radical (unpaired) electrons. The number of nitrogens with one attached hydrogen (secondary N) is 1. The van der Waals surface area contributed by atoms with E-state index in [0.717, 1.165) is 6.07 Å². The van der Waals surface area contributed by atoms with Gasteiger partial charge in [0.2, 0.25) is 0 Å². The van der Waals surface area contributed by atoms with Gasteiger partial charge in [-0.1, -0.05) is 60.1 Å². The maximum absolute atomic E-state index is 13.5. The number of azo groups is 1. The van der Waals surface area contributed by atoms with E-state index >= 15 is 0 Å². The van der Waals surface area contributed by atoms with Crippen molar-refractivity contribution in [2.24, 2.45) is 10.2 Å². The summed E-state index contributed by atoms with van der Waals surface area (Å²) < 4.78 is 38.3. The smallest absolute Gasteiger partial charge is 0.870 e. The zero-order valence-electron chi connectivity index (χ0n) is 21.7. The van der Waals surface area contributed by atoms with Gasteiger partial charge < -0.3 is 15.2 Å². The van der Waals surface area contributed by atoms with Crippen molar-refractivity contribution in [1.82, 2.24) is 0 Å². The molecule has 0 fully saturated rings. The molecule has 1 amide bonds. The fourth-order valence-electron chi connectivity index (χ4n) is 3.91. The molecule has 0 spiro atoms. The van der Waals surface area contributed by atoms with Gasteiger partial charge in [-0.15, -0.1) is 5.11 Å². The Hall–Kier alpha value is -2.70. The zero-order chi connectivity index (χ0) is 28.3. The third-order valence-corrected chi connectivity index (χ3v) is 7.33.